The van der Waals surface area contributed by atoms with Crippen LogP contribution in [0.4, 0.5) is 0 Å². The van der Waals surface area contributed by atoms with Crippen LogP contribution in [-0.4, -0.2) is 19.1 Å². The Kier molecular flexibility index (Phi) is 5.23. The molecule has 0 aliphatic heterocycles. The minimum atomic E-state index is -3.69. The Morgan fingerprint density at radius 3 is 2.43 bits per heavy atom. The van der Waals surface area contributed by atoms with Gasteiger partial charge in [0.2, 0.25) is 10.0 Å². The lowest BCUT2D eigenvalue weighted by molar-refractivity contribution is 0.242. The van der Waals surface area contributed by atoms with Gasteiger partial charge in [0.15, 0.2) is 0 Å². The minimum Gasteiger partial charge on any atom is -0.491 e. The molecule has 1 aromatic heterocycles. The second kappa shape index (κ2) is 6.97. The van der Waals surface area contributed by atoms with Gasteiger partial charge in [-0.1, -0.05) is 6.07 Å². The molecule has 1 aromatic carbocycles. The zero-order valence-corrected chi connectivity index (χ0v) is 14.1. The van der Waals surface area contributed by atoms with E-state index >= 15 is 0 Å². The molecule has 124 valence electrons. The van der Waals surface area contributed by atoms with Crippen molar-refractivity contribution < 1.29 is 13.2 Å². The summed E-state index contributed by atoms with van der Waals surface area (Å²) in [4.78, 5) is 12.0. The Balaban J connectivity index is 2.12. The number of nitrogens with zero attached hydrogens (tertiary/aromatic N) is 1. The lowest BCUT2D eigenvalue weighted by Crippen LogP contribution is -2.28. The maximum absolute atomic E-state index is 12.3. The van der Waals surface area contributed by atoms with Crippen LogP contribution in [0.1, 0.15) is 19.4 Å². The molecule has 0 radical (unpaired) electrons. The first-order valence-corrected chi connectivity index (χ1v) is 8.69. The van der Waals surface area contributed by atoms with E-state index in [0.29, 0.717) is 11.3 Å². The van der Waals surface area contributed by atoms with Crippen molar-refractivity contribution in [3.05, 3.63) is 58.5 Å². The fraction of sp³-hybridized carbons (Fsp3) is 0.312. The van der Waals surface area contributed by atoms with Crippen LogP contribution < -0.4 is 15.0 Å². The molecule has 23 heavy (non-hydrogen) atoms. The van der Waals surface area contributed by atoms with Gasteiger partial charge in [-0.05, 0) is 44.2 Å². The number of aryl methyl sites for hydroxylation is 1. The summed E-state index contributed by atoms with van der Waals surface area (Å²) in [5.41, 5.74) is 0.161. The number of hydrogen-bond donors (Lipinski definition) is 1. The molecule has 1 heterocycles. The van der Waals surface area contributed by atoms with Gasteiger partial charge < -0.3 is 9.30 Å². The van der Waals surface area contributed by atoms with E-state index in [1.807, 2.05) is 13.8 Å². The summed E-state index contributed by atoms with van der Waals surface area (Å²) in [5.74, 6) is 0.607. The van der Waals surface area contributed by atoms with Crippen molar-refractivity contribution in [2.24, 2.45) is 7.05 Å². The Morgan fingerprint density at radius 1 is 1.17 bits per heavy atom. The van der Waals surface area contributed by atoms with Gasteiger partial charge in [-0.15, -0.1) is 0 Å². The van der Waals surface area contributed by atoms with Crippen LogP contribution in [0.25, 0.3) is 0 Å². The SMILES string of the molecule is CC(C)Oc1ccc(S(=O)(=O)NCc2cccn(C)c2=O)cc1. The first-order valence-electron chi connectivity index (χ1n) is 7.20. The number of ether oxygens (including phenoxy) is 1. The van der Waals surface area contributed by atoms with Crippen LogP contribution in [0, 0.1) is 0 Å². The van der Waals surface area contributed by atoms with E-state index < -0.39 is 10.0 Å². The average molecular weight is 336 g/mol. The standard InChI is InChI=1S/C16H20N2O4S/c1-12(2)22-14-6-8-15(9-7-14)23(20,21)17-11-13-5-4-10-18(3)16(13)19/h4-10,12,17H,11H2,1-3H3. The normalized spacial score (nSPS) is 11.7. The van der Waals surface area contributed by atoms with Gasteiger partial charge in [0.25, 0.3) is 5.56 Å². The van der Waals surface area contributed by atoms with E-state index in [2.05, 4.69) is 4.72 Å². The second-order valence-corrected chi connectivity index (χ2v) is 7.18. The van der Waals surface area contributed by atoms with Crippen molar-refractivity contribution >= 4 is 10.0 Å². The topological polar surface area (TPSA) is 77.4 Å². The van der Waals surface area contributed by atoms with Gasteiger partial charge in [0.05, 0.1) is 11.0 Å². The number of aromatic nitrogens is 1. The van der Waals surface area contributed by atoms with Crippen molar-refractivity contribution in [2.45, 2.75) is 31.4 Å². The van der Waals surface area contributed by atoms with E-state index in [-0.39, 0.29) is 23.1 Å². The molecule has 0 amide bonds. The largest absolute Gasteiger partial charge is 0.491 e. The molecule has 0 saturated heterocycles. The molecule has 0 aliphatic carbocycles. The molecule has 7 heteroatoms. The highest BCUT2D eigenvalue weighted by Gasteiger charge is 2.15. The third-order valence-electron chi connectivity index (χ3n) is 3.16. The highest BCUT2D eigenvalue weighted by molar-refractivity contribution is 7.89. The van der Waals surface area contributed by atoms with Crippen LogP contribution in [0.15, 0.2) is 52.3 Å². The molecule has 2 aromatic rings. The number of pyridine rings is 1. The number of sulfonamides is 1. The van der Waals surface area contributed by atoms with Crippen LogP contribution >= 0.6 is 0 Å². The first kappa shape index (κ1) is 17.2. The Labute approximate surface area is 135 Å². The molecule has 0 fully saturated rings. The summed E-state index contributed by atoms with van der Waals surface area (Å²) in [6.07, 6.45) is 1.64. The molecule has 1 N–H and O–H groups in total. The minimum absolute atomic E-state index is 0.0184. The maximum atomic E-state index is 12.3. The van der Waals surface area contributed by atoms with Crippen LogP contribution in [0.5, 0.6) is 5.75 Å². The summed E-state index contributed by atoms with van der Waals surface area (Å²) in [6.45, 7) is 3.74. The van der Waals surface area contributed by atoms with Gasteiger partial charge in [0.1, 0.15) is 5.75 Å². The Hall–Kier alpha value is -2.12. The molecule has 2 rings (SSSR count). The summed E-state index contributed by atoms with van der Waals surface area (Å²) < 4.78 is 33.9. The fourth-order valence-corrected chi connectivity index (χ4v) is 3.02. The van der Waals surface area contributed by atoms with Crippen molar-refractivity contribution in [3.8, 4) is 5.75 Å². The number of rotatable bonds is 6. The van der Waals surface area contributed by atoms with E-state index in [1.54, 1.807) is 37.5 Å². The molecule has 0 spiro atoms. The second-order valence-electron chi connectivity index (χ2n) is 5.41. The zero-order valence-electron chi connectivity index (χ0n) is 13.3. The van der Waals surface area contributed by atoms with E-state index in [0.717, 1.165) is 0 Å². The molecular weight excluding hydrogens is 316 g/mol. The van der Waals surface area contributed by atoms with Gasteiger partial charge in [-0.25, -0.2) is 13.1 Å². The number of nitrogens with one attached hydrogen (secondary N) is 1. The van der Waals surface area contributed by atoms with Crippen LogP contribution in [0.2, 0.25) is 0 Å². The van der Waals surface area contributed by atoms with Gasteiger partial charge in [-0.3, -0.25) is 4.79 Å². The smallest absolute Gasteiger partial charge is 0.254 e. The van der Waals surface area contributed by atoms with Crippen LogP contribution in [0.3, 0.4) is 0 Å². The summed E-state index contributed by atoms with van der Waals surface area (Å²) in [5, 5.41) is 0. The highest BCUT2D eigenvalue weighted by Crippen LogP contribution is 2.17. The summed E-state index contributed by atoms with van der Waals surface area (Å²) >= 11 is 0. The summed E-state index contributed by atoms with van der Waals surface area (Å²) in [6, 6.07) is 9.46. The monoisotopic (exact) mass is 336 g/mol. The highest BCUT2D eigenvalue weighted by atomic mass is 32.2. The van der Waals surface area contributed by atoms with E-state index in [9.17, 15) is 13.2 Å². The van der Waals surface area contributed by atoms with Gasteiger partial charge >= 0.3 is 0 Å². The molecule has 0 saturated carbocycles. The fourth-order valence-electron chi connectivity index (χ4n) is 2.01. The maximum Gasteiger partial charge on any atom is 0.254 e. The first-order chi connectivity index (χ1) is 10.8. The lowest BCUT2D eigenvalue weighted by Gasteiger charge is -2.11. The Morgan fingerprint density at radius 2 is 1.83 bits per heavy atom. The van der Waals surface area contributed by atoms with Crippen molar-refractivity contribution in [3.63, 3.8) is 0 Å². The van der Waals surface area contributed by atoms with Gasteiger partial charge in [-0.2, -0.15) is 0 Å². The van der Waals surface area contributed by atoms with Crippen molar-refractivity contribution in [2.75, 3.05) is 0 Å². The molecule has 0 atom stereocenters. The third kappa shape index (κ3) is 4.43. The van der Waals surface area contributed by atoms with Crippen molar-refractivity contribution in [1.29, 1.82) is 0 Å². The molecular formula is C16H20N2O4S. The number of hydrogen-bond acceptors (Lipinski definition) is 4. The predicted octanol–water partition coefficient (Wildman–Crippen LogP) is 1.65. The van der Waals surface area contributed by atoms with E-state index in [1.165, 1.54) is 16.7 Å². The zero-order chi connectivity index (χ0) is 17.0. The quantitative estimate of drug-likeness (QED) is 0.870. The third-order valence-corrected chi connectivity index (χ3v) is 4.58. The van der Waals surface area contributed by atoms with E-state index in [4.69, 9.17) is 4.74 Å². The average Bonchev–Trinajstić information content (AvgIpc) is 2.49. The summed E-state index contributed by atoms with van der Waals surface area (Å²) in [7, 11) is -2.07. The molecule has 0 bridgehead atoms. The van der Waals surface area contributed by atoms with Gasteiger partial charge in [0, 0.05) is 25.4 Å². The number of benzene rings is 1. The van der Waals surface area contributed by atoms with Crippen molar-refractivity contribution in [1.82, 2.24) is 9.29 Å². The predicted molar refractivity (Wildman–Crippen MR) is 87.9 cm³/mol. The molecule has 0 unspecified atom stereocenters. The molecule has 6 nitrogen and oxygen atoms in total. The van der Waals surface area contributed by atoms with Crippen LogP contribution in [-0.2, 0) is 23.6 Å². The Bertz CT molecular complexity index is 824. The molecule has 0 aliphatic rings. The lowest BCUT2D eigenvalue weighted by atomic mass is 10.3.